The highest BCUT2D eigenvalue weighted by Gasteiger charge is 2.27. The van der Waals surface area contributed by atoms with Crippen molar-refractivity contribution in [3.05, 3.63) is 0 Å². The monoisotopic (exact) mass is 157 g/mol. The van der Waals surface area contributed by atoms with Gasteiger partial charge in [-0.05, 0) is 25.3 Å². The molecule has 2 heteroatoms. The van der Waals surface area contributed by atoms with E-state index in [1.807, 2.05) is 0 Å². The lowest BCUT2D eigenvalue weighted by molar-refractivity contribution is 0.122. The minimum absolute atomic E-state index is 0.0880. The lowest BCUT2D eigenvalue weighted by atomic mass is 9.87. The van der Waals surface area contributed by atoms with E-state index in [4.69, 9.17) is 0 Å². The van der Waals surface area contributed by atoms with Crippen LogP contribution in [0.4, 0.5) is 0 Å². The van der Waals surface area contributed by atoms with Crippen LogP contribution in [0.3, 0.4) is 0 Å². The molecule has 0 aromatic carbocycles. The average Bonchev–Trinajstić information content (AvgIpc) is 1.89. The van der Waals surface area contributed by atoms with Crippen molar-refractivity contribution in [2.45, 2.75) is 32.8 Å². The Bertz CT molecular complexity index is 120. The predicted molar refractivity (Wildman–Crippen MR) is 46.5 cm³/mol. The minimum Gasteiger partial charge on any atom is -0.393 e. The molecule has 1 atom stereocenters. The van der Waals surface area contributed by atoms with E-state index in [1.165, 1.54) is 0 Å². The maximum atomic E-state index is 9.52. The summed E-state index contributed by atoms with van der Waals surface area (Å²) in [5.41, 5.74) is 0.282. The average molecular weight is 157 g/mol. The van der Waals surface area contributed by atoms with E-state index in [9.17, 15) is 5.11 Å². The van der Waals surface area contributed by atoms with Gasteiger partial charge in [0, 0.05) is 13.1 Å². The number of rotatable bonds is 0. The zero-order valence-electron chi connectivity index (χ0n) is 7.80. The lowest BCUT2D eigenvalue weighted by Gasteiger charge is -2.26. The van der Waals surface area contributed by atoms with Crippen LogP contribution in [-0.2, 0) is 0 Å². The van der Waals surface area contributed by atoms with E-state index < -0.39 is 0 Å². The van der Waals surface area contributed by atoms with Crippen molar-refractivity contribution in [2.75, 3.05) is 20.1 Å². The second-order valence-corrected chi connectivity index (χ2v) is 4.55. The molecule has 0 spiro atoms. The largest absolute Gasteiger partial charge is 0.393 e. The minimum atomic E-state index is -0.0880. The third-order valence-corrected chi connectivity index (χ3v) is 2.33. The number of aliphatic hydroxyl groups is 1. The van der Waals surface area contributed by atoms with Gasteiger partial charge in [0.25, 0.3) is 0 Å². The van der Waals surface area contributed by atoms with Gasteiger partial charge in [0.05, 0.1) is 6.10 Å². The van der Waals surface area contributed by atoms with Crippen LogP contribution >= 0.6 is 0 Å². The summed E-state index contributed by atoms with van der Waals surface area (Å²) in [5, 5.41) is 9.52. The summed E-state index contributed by atoms with van der Waals surface area (Å²) in [6.45, 7) is 6.57. The van der Waals surface area contributed by atoms with Crippen LogP contribution in [-0.4, -0.2) is 36.2 Å². The lowest BCUT2D eigenvalue weighted by Crippen LogP contribution is -2.29. The highest BCUT2D eigenvalue weighted by Crippen LogP contribution is 2.27. The van der Waals surface area contributed by atoms with Gasteiger partial charge in [-0.2, -0.15) is 0 Å². The van der Waals surface area contributed by atoms with Gasteiger partial charge in [-0.3, -0.25) is 0 Å². The summed E-state index contributed by atoms with van der Waals surface area (Å²) >= 11 is 0. The first kappa shape index (κ1) is 9.01. The topological polar surface area (TPSA) is 23.5 Å². The first-order valence-electron chi connectivity index (χ1n) is 4.36. The molecule has 0 aliphatic carbocycles. The van der Waals surface area contributed by atoms with E-state index in [0.29, 0.717) is 0 Å². The Morgan fingerprint density at radius 1 is 1.45 bits per heavy atom. The van der Waals surface area contributed by atoms with Crippen molar-refractivity contribution in [1.29, 1.82) is 0 Å². The van der Waals surface area contributed by atoms with Crippen molar-refractivity contribution >= 4 is 0 Å². The second-order valence-electron chi connectivity index (χ2n) is 4.55. The zero-order valence-corrected chi connectivity index (χ0v) is 7.80. The third kappa shape index (κ3) is 2.80. The molecule has 1 fully saturated rings. The Labute approximate surface area is 69.2 Å². The molecule has 1 aliphatic heterocycles. The van der Waals surface area contributed by atoms with Crippen LogP contribution in [0.25, 0.3) is 0 Å². The summed E-state index contributed by atoms with van der Waals surface area (Å²) in [4.78, 5) is 2.30. The van der Waals surface area contributed by atoms with Crippen molar-refractivity contribution in [3.63, 3.8) is 0 Å². The van der Waals surface area contributed by atoms with Crippen LogP contribution in [0.1, 0.15) is 26.7 Å². The van der Waals surface area contributed by atoms with Crippen LogP contribution in [0.15, 0.2) is 0 Å². The summed E-state index contributed by atoms with van der Waals surface area (Å²) < 4.78 is 0. The first-order valence-corrected chi connectivity index (χ1v) is 4.36. The number of hydrogen-bond donors (Lipinski definition) is 1. The third-order valence-electron chi connectivity index (χ3n) is 2.33. The number of nitrogens with zero attached hydrogens (tertiary/aromatic N) is 1. The standard InChI is InChI=1S/C9H19NO/c1-9(2)6-8(11)4-5-10(3)7-9/h8,11H,4-7H2,1-3H3. The van der Waals surface area contributed by atoms with Gasteiger partial charge in [-0.15, -0.1) is 0 Å². The highest BCUT2D eigenvalue weighted by atomic mass is 16.3. The Morgan fingerprint density at radius 3 is 2.73 bits per heavy atom. The van der Waals surface area contributed by atoms with Crippen molar-refractivity contribution < 1.29 is 5.11 Å². The molecule has 0 saturated carbocycles. The smallest absolute Gasteiger partial charge is 0.0558 e. The second kappa shape index (κ2) is 3.11. The fourth-order valence-electron chi connectivity index (χ4n) is 1.98. The maximum Gasteiger partial charge on any atom is 0.0558 e. The van der Waals surface area contributed by atoms with Crippen LogP contribution in [0.2, 0.25) is 0 Å². The molecular weight excluding hydrogens is 138 g/mol. The molecule has 2 nitrogen and oxygen atoms in total. The Hall–Kier alpha value is -0.0800. The van der Waals surface area contributed by atoms with E-state index in [-0.39, 0.29) is 11.5 Å². The summed E-state index contributed by atoms with van der Waals surface area (Å²) in [6, 6.07) is 0. The summed E-state index contributed by atoms with van der Waals surface area (Å²) in [6.07, 6.45) is 1.78. The summed E-state index contributed by atoms with van der Waals surface area (Å²) in [7, 11) is 2.12. The molecule has 11 heavy (non-hydrogen) atoms. The highest BCUT2D eigenvalue weighted by molar-refractivity contribution is 4.80. The van der Waals surface area contributed by atoms with Gasteiger partial charge in [0.15, 0.2) is 0 Å². The van der Waals surface area contributed by atoms with E-state index in [1.54, 1.807) is 0 Å². The van der Waals surface area contributed by atoms with Gasteiger partial charge >= 0.3 is 0 Å². The Balaban J connectivity index is 2.55. The number of likely N-dealkylation sites (tertiary alicyclic amines) is 1. The fraction of sp³-hybridized carbons (Fsp3) is 1.00. The van der Waals surface area contributed by atoms with Crippen molar-refractivity contribution in [3.8, 4) is 0 Å². The molecule has 0 aromatic rings. The molecule has 66 valence electrons. The van der Waals surface area contributed by atoms with Gasteiger partial charge < -0.3 is 10.0 Å². The molecule has 1 heterocycles. The molecule has 1 rings (SSSR count). The first-order chi connectivity index (χ1) is 4.99. The molecule has 1 aliphatic rings. The maximum absolute atomic E-state index is 9.52. The molecule has 1 unspecified atom stereocenters. The Kier molecular flexibility index (Phi) is 2.55. The zero-order chi connectivity index (χ0) is 8.48. The van der Waals surface area contributed by atoms with Crippen LogP contribution in [0, 0.1) is 5.41 Å². The normalized spacial score (nSPS) is 33.3. The van der Waals surface area contributed by atoms with E-state index in [2.05, 4.69) is 25.8 Å². The van der Waals surface area contributed by atoms with Crippen LogP contribution < -0.4 is 0 Å². The van der Waals surface area contributed by atoms with Crippen molar-refractivity contribution in [1.82, 2.24) is 4.90 Å². The molecule has 1 N–H and O–H groups in total. The van der Waals surface area contributed by atoms with Gasteiger partial charge in [0.1, 0.15) is 0 Å². The van der Waals surface area contributed by atoms with E-state index >= 15 is 0 Å². The molecular formula is C9H19NO. The molecule has 0 aromatic heterocycles. The fourth-order valence-corrected chi connectivity index (χ4v) is 1.98. The van der Waals surface area contributed by atoms with Gasteiger partial charge in [-0.1, -0.05) is 13.8 Å². The summed E-state index contributed by atoms with van der Waals surface area (Å²) in [5.74, 6) is 0. The van der Waals surface area contributed by atoms with E-state index in [0.717, 1.165) is 25.9 Å². The Morgan fingerprint density at radius 2 is 2.09 bits per heavy atom. The number of aliphatic hydroxyl groups excluding tert-OH is 1. The van der Waals surface area contributed by atoms with Crippen LogP contribution in [0.5, 0.6) is 0 Å². The molecule has 0 amide bonds. The van der Waals surface area contributed by atoms with Gasteiger partial charge in [0.2, 0.25) is 0 Å². The quantitative estimate of drug-likeness (QED) is 0.569. The number of hydrogen-bond acceptors (Lipinski definition) is 2. The SMILES string of the molecule is CN1CCC(O)CC(C)(C)C1. The molecule has 0 bridgehead atoms. The van der Waals surface area contributed by atoms with Gasteiger partial charge in [-0.25, -0.2) is 0 Å². The predicted octanol–water partition coefficient (Wildman–Crippen LogP) is 1.10. The van der Waals surface area contributed by atoms with Crippen molar-refractivity contribution in [2.24, 2.45) is 5.41 Å². The molecule has 1 saturated heterocycles. The molecule has 0 radical (unpaired) electrons.